The standard InChI is InChI=1S/C12H20N2Si/c1-10(2)14-9-12(11(3)13-14)7-8-15(4,5)6/h9-10H,1-6H3. The van der Waals surface area contributed by atoms with Gasteiger partial charge in [0, 0.05) is 12.2 Å². The van der Waals surface area contributed by atoms with Gasteiger partial charge in [0.05, 0.1) is 11.3 Å². The summed E-state index contributed by atoms with van der Waals surface area (Å²) in [7, 11) is -1.28. The van der Waals surface area contributed by atoms with Crippen molar-refractivity contribution in [1.82, 2.24) is 9.78 Å². The van der Waals surface area contributed by atoms with Crippen LogP contribution in [0, 0.1) is 18.4 Å². The van der Waals surface area contributed by atoms with Crippen LogP contribution in [-0.2, 0) is 0 Å². The predicted octanol–water partition coefficient (Wildman–Crippen LogP) is 3.00. The Balaban J connectivity index is 3.00. The van der Waals surface area contributed by atoms with Crippen LogP contribution >= 0.6 is 0 Å². The van der Waals surface area contributed by atoms with Gasteiger partial charge in [-0.05, 0) is 20.8 Å². The Bertz CT molecular complexity index is 399. The molecule has 0 saturated heterocycles. The molecule has 2 nitrogen and oxygen atoms in total. The lowest BCUT2D eigenvalue weighted by Gasteiger charge is -2.03. The number of aromatic nitrogens is 2. The Hall–Kier alpha value is -1.01. The van der Waals surface area contributed by atoms with Crippen LogP contribution in [0.3, 0.4) is 0 Å². The van der Waals surface area contributed by atoms with Gasteiger partial charge in [0.15, 0.2) is 0 Å². The first-order chi connectivity index (χ1) is 6.79. The van der Waals surface area contributed by atoms with Crippen LogP contribution < -0.4 is 0 Å². The van der Waals surface area contributed by atoms with Crippen LogP contribution in [0.2, 0.25) is 19.6 Å². The van der Waals surface area contributed by atoms with Crippen molar-refractivity contribution in [3.8, 4) is 11.5 Å². The van der Waals surface area contributed by atoms with E-state index in [1.165, 1.54) is 0 Å². The Morgan fingerprint density at radius 3 is 2.33 bits per heavy atom. The maximum Gasteiger partial charge on any atom is 0.129 e. The molecule has 0 N–H and O–H groups in total. The van der Waals surface area contributed by atoms with Crippen molar-refractivity contribution < 1.29 is 0 Å². The Kier molecular flexibility index (Phi) is 3.41. The molecule has 1 aromatic rings. The minimum absolute atomic E-state index is 0.408. The number of hydrogen-bond donors (Lipinski definition) is 0. The molecule has 0 aliphatic rings. The van der Waals surface area contributed by atoms with Crippen LogP contribution in [0.4, 0.5) is 0 Å². The third kappa shape index (κ3) is 3.56. The number of rotatable bonds is 1. The molecule has 1 rings (SSSR count). The zero-order chi connectivity index (χ0) is 11.6. The second-order valence-electron chi connectivity index (χ2n) is 5.20. The van der Waals surface area contributed by atoms with Gasteiger partial charge in [-0.25, -0.2) is 0 Å². The van der Waals surface area contributed by atoms with Gasteiger partial charge in [0.1, 0.15) is 8.07 Å². The molecule has 0 aliphatic heterocycles. The van der Waals surface area contributed by atoms with Crippen molar-refractivity contribution >= 4 is 8.07 Å². The maximum absolute atomic E-state index is 4.44. The highest BCUT2D eigenvalue weighted by Gasteiger charge is 2.09. The zero-order valence-electron chi connectivity index (χ0n) is 10.5. The summed E-state index contributed by atoms with van der Waals surface area (Å²) in [5.74, 6) is 3.26. The van der Waals surface area contributed by atoms with Crippen molar-refractivity contribution in [1.29, 1.82) is 0 Å². The SMILES string of the molecule is Cc1nn(C(C)C)cc1C#C[Si](C)(C)C. The second kappa shape index (κ2) is 4.24. The third-order valence-electron chi connectivity index (χ3n) is 2.02. The molecule has 3 heteroatoms. The van der Waals surface area contributed by atoms with Crippen molar-refractivity contribution in [2.45, 2.75) is 46.5 Å². The van der Waals surface area contributed by atoms with E-state index in [4.69, 9.17) is 0 Å². The summed E-state index contributed by atoms with van der Waals surface area (Å²) >= 11 is 0. The van der Waals surface area contributed by atoms with Gasteiger partial charge in [-0.3, -0.25) is 4.68 Å². The summed E-state index contributed by atoms with van der Waals surface area (Å²) < 4.78 is 1.98. The topological polar surface area (TPSA) is 17.8 Å². The fraction of sp³-hybridized carbons (Fsp3) is 0.583. The van der Waals surface area contributed by atoms with E-state index in [1.54, 1.807) is 0 Å². The quantitative estimate of drug-likeness (QED) is 0.525. The molecule has 15 heavy (non-hydrogen) atoms. The molecule has 0 amide bonds. The van der Waals surface area contributed by atoms with Crippen LogP contribution in [0.15, 0.2) is 6.20 Å². The molecule has 1 heterocycles. The predicted molar refractivity (Wildman–Crippen MR) is 67.6 cm³/mol. The highest BCUT2D eigenvalue weighted by atomic mass is 28.3. The first-order valence-electron chi connectivity index (χ1n) is 5.38. The van der Waals surface area contributed by atoms with Gasteiger partial charge >= 0.3 is 0 Å². The highest BCUT2D eigenvalue weighted by molar-refractivity contribution is 6.83. The lowest BCUT2D eigenvalue weighted by atomic mass is 10.3. The number of nitrogens with zero attached hydrogens (tertiary/aromatic N) is 2. The fourth-order valence-electron chi connectivity index (χ4n) is 1.12. The molecule has 0 spiro atoms. The third-order valence-corrected chi connectivity index (χ3v) is 2.89. The average Bonchev–Trinajstić information content (AvgIpc) is 2.42. The summed E-state index contributed by atoms with van der Waals surface area (Å²) in [6, 6.07) is 0.408. The van der Waals surface area contributed by atoms with E-state index in [0.29, 0.717) is 6.04 Å². The van der Waals surface area contributed by atoms with Crippen molar-refractivity contribution in [3.63, 3.8) is 0 Å². The van der Waals surface area contributed by atoms with Crippen LogP contribution in [0.1, 0.15) is 31.1 Å². The molecule has 0 aromatic carbocycles. The largest absolute Gasteiger partial charge is 0.269 e. The lowest BCUT2D eigenvalue weighted by molar-refractivity contribution is 0.529. The summed E-state index contributed by atoms with van der Waals surface area (Å²) in [5.41, 5.74) is 5.48. The van der Waals surface area contributed by atoms with E-state index >= 15 is 0 Å². The van der Waals surface area contributed by atoms with E-state index < -0.39 is 8.07 Å². The summed E-state index contributed by atoms with van der Waals surface area (Å²) in [6.45, 7) is 13.0. The van der Waals surface area contributed by atoms with Gasteiger partial charge in [0.25, 0.3) is 0 Å². The molecule has 82 valence electrons. The molecular formula is C12H20N2Si. The lowest BCUT2D eigenvalue weighted by Crippen LogP contribution is -2.16. The summed E-state index contributed by atoms with van der Waals surface area (Å²) in [5, 5.41) is 4.44. The molecule has 0 saturated carbocycles. The number of hydrogen-bond acceptors (Lipinski definition) is 1. The van der Waals surface area contributed by atoms with Gasteiger partial charge in [0.2, 0.25) is 0 Å². The van der Waals surface area contributed by atoms with Crippen LogP contribution in [0.5, 0.6) is 0 Å². The van der Waals surface area contributed by atoms with Crippen molar-refractivity contribution in [2.24, 2.45) is 0 Å². The van der Waals surface area contributed by atoms with Crippen LogP contribution in [0.25, 0.3) is 0 Å². The summed E-state index contributed by atoms with van der Waals surface area (Å²) in [6.07, 6.45) is 2.05. The van der Waals surface area contributed by atoms with E-state index in [1.807, 2.05) is 17.8 Å². The fourth-order valence-corrected chi connectivity index (χ4v) is 1.63. The summed E-state index contributed by atoms with van der Waals surface area (Å²) in [4.78, 5) is 0. The number of aryl methyl sites for hydroxylation is 1. The highest BCUT2D eigenvalue weighted by Crippen LogP contribution is 2.09. The first-order valence-corrected chi connectivity index (χ1v) is 8.88. The molecule has 0 aliphatic carbocycles. The van der Waals surface area contributed by atoms with E-state index in [9.17, 15) is 0 Å². The van der Waals surface area contributed by atoms with Crippen LogP contribution in [-0.4, -0.2) is 17.9 Å². The van der Waals surface area contributed by atoms with E-state index in [-0.39, 0.29) is 0 Å². The normalized spacial score (nSPS) is 11.4. The molecule has 0 unspecified atom stereocenters. The molecule has 1 aromatic heterocycles. The molecular weight excluding hydrogens is 200 g/mol. The molecule has 0 atom stereocenters. The Morgan fingerprint density at radius 1 is 1.33 bits per heavy atom. The van der Waals surface area contributed by atoms with E-state index in [0.717, 1.165) is 11.3 Å². The Morgan fingerprint density at radius 2 is 1.93 bits per heavy atom. The van der Waals surface area contributed by atoms with Crippen molar-refractivity contribution in [2.75, 3.05) is 0 Å². The molecule has 0 fully saturated rings. The Labute approximate surface area is 93.7 Å². The van der Waals surface area contributed by atoms with Crippen molar-refractivity contribution in [3.05, 3.63) is 17.5 Å². The zero-order valence-corrected chi connectivity index (χ0v) is 11.5. The first kappa shape index (κ1) is 12.1. The second-order valence-corrected chi connectivity index (χ2v) is 9.95. The average molecular weight is 220 g/mol. The minimum atomic E-state index is -1.28. The molecule has 0 radical (unpaired) electrons. The maximum atomic E-state index is 4.44. The van der Waals surface area contributed by atoms with E-state index in [2.05, 4.69) is 50.1 Å². The monoisotopic (exact) mass is 220 g/mol. The van der Waals surface area contributed by atoms with Gasteiger partial charge < -0.3 is 0 Å². The van der Waals surface area contributed by atoms with Gasteiger partial charge in [-0.1, -0.05) is 25.6 Å². The van der Waals surface area contributed by atoms with Gasteiger partial charge in [-0.2, -0.15) is 5.10 Å². The minimum Gasteiger partial charge on any atom is -0.269 e. The van der Waals surface area contributed by atoms with Gasteiger partial charge in [-0.15, -0.1) is 5.54 Å². The molecule has 0 bridgehead atoms. The smallest absolute Gasteiger partial charge is 0.129 e.